The first-order valence-electron chi connectivity index (χ1n) is 19.8. The maximum atomic E-state index is 11.8. The minimum absolute atomic E-state index is 0.0154. The zero-order valence-electron chi connectivity index (χ0n) is 30.7. The number of fused-ring (bicyclic) bond motifs is 5. The Labute approximate surface area is 288 Å². The SMILES string of the molecule is CC(C)[C@@H](CC[C@@H](C)[C@H]1CCC2C3C(CC[C@@]21C)[C@@]1(C)CC[C@H](NCCCNCCCCCCCCN)C[C@@H]1C[C@H]3O)OS(=O)(=O)O. The van der Waals surface area contributed by atoms with Gasteiger partial charge < -0.3 is 21.5 Å². The van der Waals surface area contributed by atoms with Crippen molar-refractivity contribution in [3.63, 3.8) is 0 Å². The van der Waals surface area contributed by atoms with E-state index >= 15 is 0 Å². The van der Waals surface area contributed by atoms with Crippen molar-refractivity contribution in [1.82, 2.24) is 10.6 Å². The average molecular weight is 684 g/mol. The summed E-state index contributed by atoms with van der Waals surface area (Å²) >= 11 is 0. The highest BCUT2D eigenvalue weighted by molar-refractivity contribution is 7.80. The predicted molar refractivity (Wildman–Crippen MR) is 192 cm³/mol. The zero-order chi connectivity index (χ0) is 34.2. The molecular weight excluding hydrogens is 611 g/mol. The average Bonchev–Trinajstić information content (AvgIpc) is 3.36. The number of unbranched alkanes of at least 4 members (excludes halogenated alkanes) is 5. The monoisotopic (exact) mass is 684 g/mol. The third kappa shape index (κ3) is 10.2. The van der Waals surface area contributed by atoms with Crippen LogP contribution in [0.5, 0.6) is 0 Å². The molecule has 0 aliphatic heterocycles. The van der Waals surface area contributed by atoms with Gasteiger partial charge in [-0.15, -0.1) is 0 Å². The molecule has 0 aromatic carbocycles. The first kappa shape index (κ1) is 39.5. The Morgan fingerprint density at radius 2 is 1.49 bits per heavy atom. The van der Waals surface area contributed by atoms with Crippen molar-refractivity contribution in [3.05, 3.63) is 0 Å². The lowest BCUT2D eigenvalue weighted by Gasteiger charge is -2.62. The van der Waals surface area contributed by atoms with E-state index in [-0.39, 0.29) is 17.4 Å². The van der Waals surface area contributed by atoms with E-state index in [0.717, 1.165) is 39.0 Å². The Morgan fingerprint density at radius 3 is 2.19 bits per heavy atom. The molecule has 0 spiro atoms. The van der Waals surface area contributed by atoms with Crippen molar-refractivity contribution >= 4 is 10.4 Å². The molecule has 0 saturated heterocycles. The fourth-order valence-corrected chi connectivity index (χ4v) is 12.0. The summed E-state index contributed by atoms with van der Waals surface area (Å²) in [6, 6.07) is 0.579. The molecule has 4 fully saturated rings. The summed E-state index contributed by atoms with van der Waals surface area (Å²) in [6.07, 6.45) is 19.3. The van der Waals surface area contributed by atoms with E-state index in [1.54, 1.807) is 0 Å². The summed E-state index contributed by atoms with van der Waals surface area (Å²) in [5.74, 6) is 3.22. The lowest BCUT2D eigenvalue weighted by Crippen LogP contribution is -2.59. The predicted octanol–water partition coefficient (Wildman–Crippen LogP) is 7.11. The number of nitrogens with one attached hydrogen (secondary N) is 2. The van der Waals surface area contributed by atoms with Gasteiger partial charge in [-0.3, -0.25) is 4.55 Å². The highest BCUT2D eigenvalue weighted by atomic mass is 32.3. The van der Waals surface area contributed by atoms with E-state index < -0.39 is 16.5 Å². The van der Waals surface area contributed by atoms with Gasteiger partial charge in [0.2, 0.25) is 0 Å². The Kier molecular flexibility index (Phi) is 14.9. The summed E-state index contributed by atoms with van der Waals surface area (Å²) in [7, 11) is -4.46. The fourth-order valence-electron chi connectivity index (χ4n) is 11.4. The van der Waals surface area contributed by atoms with E-state index in [1.165, 1.54) is 89.9 Å². The van der Waals surface area contributed by atoms with Gasteiger partial charge in [0.1, 0.15) is 0 Å². The molecule has 47 heavy (non-hydrogen) atoms. The largest absolute Gasteiger partial charge is 0.397 e. The number of aliphatic hydroxyl groups is 1. The van der Waals surface area contributed by atoms with Crippen LogP contribution >= 0.6 is 0 Å². The quantitative estimate of drug-likeness (QED) is 0.0677. The number of hydrogen-bond acceptors (Lipinski definition) is 7. The van der Waals surface area contributed by atoms with Gasteiger partial charge in [0.15, 0.2) is 0 Å². The molecule has 0 radical (unpaired) electrons. The van der Waals surface area contributed by atoms with Gasteiger partial charge in [0.25, 0.3) is 0 Å². The van der Waals surface area contributed by atoms with Crippen molar-refractivity contribution in [2.24, 2.45) is 58.0 Å². The van der Waals surface area contributed by atoms with Crippen molar-refractivity contribution < 1.29 is 22.3 Å². The maximum Gasteiger partial charge on any atom is 0.397 e. The van der Waals surface area contributed by atoms with Crippen molar-refractivity contribution in [3.8, 4) is 0 Å². The van der Waals surface area contributed by atoms with Crippen LogP contribution < -0.4 is 16.4 Å². The Bertz CT molecular complexity index is 1040. The maximum absolute atomic E-state index is 11.8. The molecule has 11 atom stereocenters. The van der Waals surface area contributed by atoms with Gasteiger partial charge >= 0.3 is 10.4 Å². The van der Waals surface area contributed by atoms with Gasteiger partial charge in [-0.05, 0) is 162 Å². The lowest BCUT2D eigenvalue weighted by atomic mass is 9.43. The molecule has 9 heteroatoms. The summed E-state index contributed by atoms with van der Waals surface area (Å²) in [6.45, 7) is 15.5. The van der Waals surface area contributed by atoms with E-state index in [0.29, 0.717) is 53.4 Å². The topological polar surface area (TPSA) is 134 Å². The molecule has 0 bridgehead atoms. The molecule has 4 rings (SSSR count). The molecule has 0 heterocycles. The Balaban J connectivity index is 1.23. The molecule has 4 aliphatic carbocycles. The number of hydrogen-bond donors (Lipinski definition) is 5. The smallest absolute Gasteiger partial charge is 0.393 e. The third-order valence-electron chi connectivity index (χ3n) is 14.1. The Morgan fingerprint density at radius 1 is 0.830 bits per heavy atom. The van der Waals surface area contributed by atoms with Crippen molar-refractivity contribution in [2.45, 2.75) is 162 Å². The van der Waals surface area contributed by atoms with Gasteiger partial charge in [0, 0.05) is 6.04 Å². The second-order valence-electron chi connectivity index (χ2n) is 17.3. The Hall–Kier alpha value is -0.290. The van der Waals surface area contributed by atoms with Crippen molar-refractivity contribution in [2.75, 3.05) is 26.2 Å². The van der Waals surface area contributed by atoms with Crippen LogP contribution in [0.3, 0.4) is 0 Å². The summed E-state index contributed by atoms with van der Waals surface area (Å²) < 4.78 is 37.2. The highest BCUT2D eigenvalue weighted by Crippen LogP contribution is 2.68. The number of nitrogens with two attached hydrogens (primary N) is 1. The number of rotatable bonds is 20. The van der Waals surface area contributed by atoms with Crippen LogP contribution in [0.1, 0.15) is 144 Å². The lowest BCUT2D eigenvalue weighted by molar-refractivity contribution is -0.167. The highest BCUT2D eigenvalue weighted by Gasteiger charge is 2.62. The first-order valence-corrected chi connectivity index (χ1v) is 21.1. The molecule has 8 nitrogen and oxygen atoms in total. The summed E-state index contributed by atoms with van der Waals surface area (Å²) in [5.41, 5.74) is 6.13. The van der Waals surface area contributed by atoms with Crippen LogP contribution in [0.2, 0.25) is 0 Å². The van der Waals surface area contributed by atoms with E-state index in [1.807, 2.05) is 13.8 Å². The molecule has 0 aromatic heterocycles. The van der Waals surface area contributed by atoms with E-state index in [2.05, 4.69) is 31.4 Å². The second-order valence-corrected chi connectivity index (χ2v) is 18.4. The standard InChI is InChI=1S/C38H73N3O5S/c1-27(2)35(46-47(43,44)45)16-13-28(3)31-14-15-32-36-33(18-20-38(31,32)5)37(4)19-17-30(25-29(37)26-34(36)42)41-24-12-23-40-22-11-9-7-6-8-10-21-39/h27-36,40-42H,6-26,39H2,1-5H3,(H,43,44,45)/t28-,29-,30+,31-,32?,33?,34-,35-,36?,37+,38-/m1/s1. The minimum Gasteiger partial charge on any atom is -0.393 e. The third-order valence-corrected chi connectivity index (χ3v) is 14.6. The molecule has 3 unspecified atom stereocenters. The van der Waals surface area contributed by atoms with Crippen LogP contribution in [0.15, 0.2) is 0 Å². The molecule has 0 aromatic rings. The van der Waals surface area contributed by atoms with Gasteiger partial charge in [-0.25, -0.2) is 4.18 Å². The van der Waals surface area contributed by atoms with Crippen LogP contribution in [-0.2, 0) is 14.6 Å². The molecule has 4 saturated carbocycles. The fraction of sp³-hybridized carbons (Fsp3) is 1.00. The second kappa shape index (κ2) is 17.8. The summed E-state index contributed by atoms with van der Waals surface area (Å²) in [5, 5.41) is 19.4. The van der Waals surface area contributed by atoms with Crippen LogP contribution in [0.4, 0.5) is 0 Å². The molecule has 0 amide bonds. The van der Waals surface area contributed by atoms with Crippen LogP contribution in [0, 0.1) is 52.3 Å². The normalized spacial score (nSPS) is 36.9. The van der Waals surface area contributed by atoms with E-state index in [4.69, 9.17) is 9.92 Å². The number of aliphatic hydroxyl groups excluding tert-OH is 1. The molecule has 4 aliphatic rings. The van der Waals surface area contributed by atoms with Crippen LogP contribution in [-0.4, -0.2) is 62.5 Å². The van der Waals surface area contributed by atoms with Gasteiger partial charge in [-0.1, -0.05) is 60.3 Å². The summed E-state index contributed by atoms with van der Waals surface area (Å²) in [4.78, 5) is 0. The van der Waals surface area contributed by atoms with Gasteiger partial charge in [-0.2, -0.15) is 8.42 Å². The van der Waals surface area contributed by atoms with Gasteiger partial charge in [0.05, 0.1) is 12.2 Å². The minimum atomic E-state index is -4.46. The van der Waals surface area contributed by atoms with Crippen molar-refractivity contribution in [1.29, 1.82) is 0 Å². The first-order chi connectivity index (χ1) is 22.3. The molecule has 276 valence electrons. The molecular formula is C38H73N3O5S. The molecule has 6 N–H and O–H groups in total. The zero-order valence-corrected chi connectivity index (χ0v) is 31.5. The van der Waals surface area contributed by atoms with E-state index in [9.17, 15) is 18.1 Å². The van der Waals surface area contributed by atoms with Crippen LogP contribution in [0.25, 0.3) is 0 Å².